The second kappa shape index (κ2) is 5.81. The monoisotopic (exact) mass is 298 g/mol. The van der Waals surface area contributed by atoms with Gasteiger partial charge in [-0.25, -0.2) is 13.1 Å². The third kappa shape index (κ3) is 2.88. The van der Waals surface area contributed by atoms with E-state index >= 15 is 0 Å². The maximum absolute atomic E-state index is 12.4. The fraction of sp³-hybridized carbons (Fsp3) is 0.571. The van der Waals surface area contributed by atoms with Crippen molar-refractivity contribution in [1.29, 1.82) is 0 Å². The third-order valence-corrected chi connectivity index (χ3v) is 5.76. The van der Waals surface area contributed by atoms with Crippen molar-refractivity contribution in [2.45, 2.75) is 36.3 Å². The summed E-state index contributed by atoms with van der Waals surface area (Å²) in [6.07, 6.45) is 3.14. The first-order valence-corrected chi connectivity index (χ1v) is 8.25. The lowest BCUT2D eigenvalue weighted by Gasteiger charge is -2.47. The number of hydrogen-bond donors (Lipinski definition) is 2. The van der Waals surface area contributed by atoms with Crippen LogP contribution in [0.2, 0.25) is 0 Å². The number of likely N-dealkylation sites (N-methyl/N-ethyl adjacent to an activating group) is 1. The van der Waals surface area contributed by atoms with Gasteiger partial charge in [0.25, 0.3) is 0 Å². The van der Waals surface area contributed by atoms with Crippen LogP contribution in [-0.2, 0) is 16.6 Å². The highest BCUT2D eigenvalue weighted by Gasteiger charge is 2.39. The first-order chi connectivity index (χ1) is 9.41. The van der Waals surface area contributed by atoms with E-state index in [1.54, 1.807) is 18.2 Å². The van der Waals surface area contributed by atoms with Gasteiger partial charge >= 0.3 is 0 Å². The third-order valence-electron chi connectivity index (χ3n) is 4.26. The summed E-state index contributed by atoms with van der Waals surface area (Å²) in [5.74, 6) is 0. The predicted octanol–water partition coefficient (Wildman–Crippen LogP) is 0.941. The van der Waals surface area contributed by atoms with Crippen LogP contribution >= 0.6 is 0 Å². The molecule has 1 aliphatic carbocycles. The molecule has 0 heterocycles. The van der Waals surface area contributed by atoms with Gasteiger partial charge in [-0.05, 0) is 45.0 Å². The van der Waals surface area contributed by atoms with Crippen molar-refractivity contribution in [2.75, 3.05) is 20.6 Å². The molecule has 1 aromatic carbocycles. The minimum absolute atomic E-state index is 0.0682. The molecule has 0 bridgehead atoms. The zero-order valence-corrected chi connectivity index (χ0v) is 12.8. The molecule has 0 radical (unpaired) electrons. The smallest absolute Gasteiger partial charge is 0.240 e. The Morgan fingerprint density at radius 2 is 1.95 bits per heavy atom. The fourth-order valence-electron chi connectivity index (χ4n) is 2.57. The van der Waals surface area contributed by atoms with Gasteiger partial charge in [-0.15, -0.1) is 0 Å². The molecule has 5 nitrogen and oxygen atoms in total. The first-order valence-electron chi connectivity index (χ1n) is 6.77. The number of aliphatic hydroxyl groups excluding tert-OH is 1. The zero-order valence-electron chi connectivity index (χ0n) is 12.0. The van der Waals surface area contributed by atoms with Crippen LogP contribution < -0.4 is 4.72 Å². The van der Waals surface area contributed by atoms with Gasteiger partial charge in [0, 0.05) is 12.1 Å². The molecular weight excluding hydrogens is 276 g/mol. The van der Waals surface area contributed by atoms with E-state index in [2.05, 4.69) is 9.62 Å². The first kappa shape index (κ1) is 15.4. The van der Waals surface area contributed by atoms with Gasteiger partial charge < -0.3 is 10.0 Å². The van der Waals surface area contributed by atoms with E-state index < -0.39 is 10.0 Å². The molecule has 0 saturated heterocycles. The van der Waals surface area contributed by atoms with Gasteiger partial charge in [-0.3, -0.25) is 0 Å². The lowest BCUT2D eigenvalue weighted by atomic mass is 9.76. The molecule has 112 valence electrons. The number of hydrogen-bond acceptors (Lipinski definition) is 4. The molecule has 0 atom stereocenters. The summed E-state index contributed by atoms with van der Waals surface area (Å²) in [7, 11) is 0.380. The van der Waals surface area contributed by atoms with Crippen LogP contribution in [0.4, 0.5) is 0 Å². The Labute approximate surface area is 120 Å². The van der Waals surface area contributed by atoms with Crippen LogP contribution in [0, 0.1) is 0 Å². The minimum Gasteiger partial charge on any atom is -0.392 e. The number of rotatable bonds is 6. The van der Waals surface area contributed by atoms with Gasteiger partial charge in [0.05, 0.1) is 11.5 Å². The van der Waals surface area contributed by atoms with Gasteiger partial charge in [0.15, 0.2) is 0 Å². The molecule has 0 amide bonds. The summed E-state index contributed by atoms with van der Waals surface area (Å²) in [5.41, 5.74) is 0.355. The minimum atomic E-state index is -3.58. The van der Waals surface area contributed by atoms with Crippen LogP contribution in [-0.4, -0.2) is 44.6 Å². The summed E-state index contributed by atoms with van der Waals surface area (Å²) in [6, 6.07) is 6.53. The van der Waals surface area contributed by atoms with E-state index in [9.17, 15) is 13.5 Å². The van der Waals surface area contributed by atoms with Gasteiger partial charge in [0.1, 0.15) is 0 Å². The SMILES string of the molecule is CN(C)C1(CNS(=O)(=O)c2ccccc2CO)CCC1. The number of nitrogens with zero attached hydrogens (tertiary/aromatic N) is 1. The number of aliphatic hydroxyl groups is 1. The van der Waals surface area contributed by atoms with Crippen molar-refractivity contribution in [3.8, 4) is 0 Å². The summed E-state index contributed by atoms with van der Waals surface area (Å²) in [6.45, 7) is 0.123. The Hall–Kier alpha value is -0.950. The van der Waals surface area contributed by atoms with Crippen LogP contribution in [0.25, 0.3) is 0 Å². The van der Waals surface area contributed by atoms with E-state index in [1.165, 1.54) is 6.07 Å². The second-order valence-electron chi connectivity index (χ2n) is 5.56. The molecule has 0 aromatic heterocycles. The quantitative estimate of drug-likeness (QED) is 0.820. The second-order valence-corrected chi connectivity index (χ2v) is 7.30. The fourth-order valence-corrected chi connectivity index (χ4v) is 3.92. The maximum atomic E-state index is 12.4. The number of sulfonamides is 1. The van der Waals surface area contributed by atoms with E-state index in [-0.39, 0.29) is 17.0 Å². The number of benzene rings is 1. The highest BCUT2D eigenvalue weighted by Crippen LogP contribution is 2.35. The molecule has 6 heteroatoms. The Balaban J connectivity index is 2.16. The Kier molecular flexibility index (Phi) is 4.49. The molecule has 0 unspecified atom stereocenters. The largest absolute Gasteiger partial charge is 0.392 e. The van der Waals surface area contributed by atoms with Crippen LogP contribution in [0.1, 0.15) is 24.8 Å². The maximum Gasteiger partial charge on any atom is 0.240 e. The van der Waals surface area contributed by atoms with Crippen LogP contribution in [0.3, 0.4) is 0 Å². The molecule has 1 saturated carbocycles. The van der Waals surface area contributed by atoms with Crippen LogP contribution in [0.15, 0.2) is 29.2 Å². The molecule has 1 aliphatic rings. The van der Waals surface area contributed by atoms with Crippen molar-refractivity contribution in [2.24, 2.45) is 0 Å². The Morgan fingerprint density at radius 3 is 2.45 bits per heavy atom. The summed E-state index contributed by atoms with van der Waals surface area (Å²) in [5, 5.41) is 9.25. The molecule has 20 heavy (non-hydrogen) atoms. The van der Waals surface area contributed by atoms with E-state index in [1.807, 2.05) is 14.1 Å². The molecule has 2 rings (SSSR count). The molecule has 1 fully saturated rings. The highest BCUT2D eigenvalue weighted by atomic mass is 32.2. The van der Waals surface area contributed by atoms with Gasteiger partial charge in [0.2, 0.25) is 10.0 Å². The summed E-state index contributed by atoms with van der Waals surface area (Å²) >= 11 is 0. The Bertz CT molecular complexity index is 566. The normalized spacial score (nSPS) is 18.0. The van der Waals surface area contributed by atoms with Crippen molar-refractivity contribution < 1.29 is 13.5 Å². The Morgan fingerprint density at radius 1 is 1.30 bits per heavy atom. The molecule has 2 N–H and O–H groups in total. The summed E-state index contributed by atoms with van der Waals surface area (Å²) < 4.78 is 27.5. The van der Waals surface area contributed by atoms with Crippen molar-refractivity contribution in [3.63, 3.8) is 0 Å². The zero-order chi connectivity index (χ0) is 14.8. The predicted molar refractivity (Wildman–Crippen MR) is 77.8 cm³/mol. The molecule has 1 aromatic rings. The van der Waals surface area contributed by atoms with Crippen molar-refractivity contribution in [3.05, 3.63) is 29.8 Å². The van der Waals surface area contributed by atoms with Gasteiger partial charge in [-0.2, -0.15) is 0 Å². The van der Waals surface area contributed by atoms with E-state index in [4.69, 9.17) is 0 Å². The summed E-state index contributed by atoms with van der Waals surface area (Å²) in [4.78, 5) is 2.26. The lowest BCUT2D eigenvalue weighted by molar-refractivity contribution is 0.0656. The average Bonchev–Trinajstić information content (AvgIpc) is 2.37. The molecular formula is C14H22N2O3S. The van der Waals surface area contributed by atoms with Crippen LogP contribution in [0.5, 0.6) is 0 Å². The van der Waals surface area contributed by atoms with Gasteiger partial charge in [-0.1, -0.05) is 18.2 Å². The molecule has 0 spiro atoms. The highest BCUT2D eigenvalue weighted by molar-refractivity contribution is 7.89. The van der Waals surface area contributed by atoms with E-state index in [0.717, 1.165) is 19.3 Å². The van der Waals surface area contributed by atoms with E-state index in [0.29, 0.717) is 12.1 Å². The lowest BCUT2D eigenvalue weighted by Crippen LogP contribution is -2.57. The van der Waals surface area contributed by atoms with Crippen molar-refractivity contribution in [1.82, 2.24) is 9.62 Å². The topological polar surface area (TPSA) is 69.6 Å². The molecule has 0 aliphatic heterocycles. The number of nitrogens with one attached hydrogen (secondary N) is 1. The standard InChI is InChI=1S/C14H22N2O3S/c1-16(2)14(8-5-9-14)11-15-20(18,19)13-7-4-3-6-12(13)10-17/h3-4,6-7,15,17H,5,8-11H2,1-2H3. The van der Waals surface area contributed by atoms with Crippen molar-refractivity contribution >= 4 is 10.0 Å². The average molecular weight is 298 g/mol.